The van der Waals surface area contributed by atoms with E-state index in [-0.39, 0.29) is 36.6 Å². The smallest absolute Gasteiger partial charge is 0.312 e. The summed E-state index contributed by atoms with van der Waals surface area (Å²) in [5, 5.41) is 8.66. The normalized spacial score (nSPS) is 15.5. The van der Waals surface area contributed by atoms with Crippen molar-refractivity contribution in [2.24, 2.45) is 16.2 Å². The molecule has 4 heteroatoms. The van der Waals surface area contributed by atoms with Crippen molar-refractivity contribution in [1.29, 1.82) is 0 Å². The van der Waals surface area contributed by atoms with Gasteiger partial charge in [0.15, 0.2) is 0 Å². The zero-order valence-corrected chi connectivity index (χ0v) is 15.6. The molecule has 0 aromatic rings. The van der Waals surface area contributed by atoms with Crippen molar-refractivity contribution < 1.29 is 19.4 Å². The van der Waals surface area contributed by atoms with E-state index in [4.69, 9.17) is 14.6 Å². The minimum absolute atomic E-state index is 0.0147. The van der Waals surface area contributed by atoms with Crippen molar-refractivity contribution in [2.75, 3.05) is 26.4 Å². The Bertz CT molecular complexity index is 336. The first-order valence-corrected chi connectivity index (χ1v) is 8.42. The largest absolute Gasteiger partial charge is 0.463 e. The first kappa shape index (κ1) is 21.4. The van der Waals surface area contributed by atoms with Crippen molar-refractivity contribution in [1.82, 2.24) is 0 Å². The molecule has 0 saturated heterocycles. The highest BCUT2D eigenvalue weighted by atomic mass is 16.6. The molecule has 0 aliphatic heterocycles. The van der Waals surface area contributed by atoms with Crippen LogP contribution in [0.1, 0.15) is 67.7 Å². The summed E-state index contributed by atoms with van der Waals surface area (Å²) in [5.74, 6) is -0.145. The quantitative estimate of drug-likeness (QED) is 0.465. The Kier molecular flexibility index (Phi) is 8.63. The molecule has 0 rings (SSSR count). The van der Waals surface area contributed by atoms with Gasteiger partial charge in [-0.05, 0) is 30.6 Å². The summed E-state index contributed by atoms with van der Waals surface area (Å²) >= 11 is 0. The van der Waals surface area contributed by atoms with Crippen molar-refractivity contribution in [3.8, 4) is 0 Å². The number of rotatable bonds is 11. The van der Waals surface area contributed by atoms with E-state index >= 15 is 0 Å². The predicted molar refractivity (Wildman–Crippen MR) is 89.7 cm³/mol. The molecule has 4 nitrogen and oxygen atoms in total. The highest BCUT2D eigenvalue weighted by Crippen LogP contribution is 2.50. The van der Waals surface area contributed by atoms with Crippen molar-refractivity contribution in [3.05, 3.63) is 0 Å². The van der Waals surface area contributed by atoms with E-state index in [9.17, 15) is 4.79 Å². The van der Waals surface area contributed by atoms with Crippen molar-refractivity contribution >= 4 is 5.97 Å². The summed E-state index contributed by atoms with van der Waals surface area (Å²) in [6.45, 7) is 15.8. The lowest BCUT2D eigenvalue weighted by atomic mass is 9.58. The molecule has 1 unspecified atom stereocenters. The SMILES string of the molecule is CCC(C)(C)CC(C)(C(=O)OCCOCCO)C(C)(C)CC. The van der Waals surface area contributed by atoms with Gasteiger partial charge in [-0.3, -0.25) is 4.79 Å². The first-order chi connectivity index (χ1) is 10.1. The van der Waals surface area contributed by atoms with E-state index in [1.165, 1.54) is 0 Å². The highest BCUT2D eigenvalue weighted by molar-refractivity contribution is 5.77. The molecule has 22 heavy (non-hydrogen) atoms. The molecule has 0 amide bonds. The van der Waals surface area contributed by atoms with Gasteiger partial charge < -0.3 is 14.6 Å². The second-order valence-electron chi connectivity index (χ2n) is 7.74. The van der Waals surface area contributed by atoms with Crippen LogP contribution in [0.3, 0.4) is 0 Å². The third kappa shape index (κ3) is 5.88. The lowest BCUT2D eigenvalue weighted by molar-refractivity contribution is -0.167. The number of hydrogen-bond donors (Lipinski definition) is 1. The van der Waals surface area contributed by atoms with Gasteiger partial charge in [-0.25, -0.2) is 0 Å². The van der Waals surface area contributed by atoms with E-state index in [0.717, 1.165) is 19.3 Å². The number of carbonyl (C=O) groups excluding carboxylic acids is 1. The number of hydrogen-bond acceptors (Lipinski definition) is 4. The summed E-state index contributed by atoms with van der Waals surface area (Å²) < 4.78 is 10.6. The first-order valence-electron chi connectivity index (χ1n) is 8.42. The van der Waals surface area contributed by atoms with Crippen LogP contribution in [0.15, 0.2) is 0 Å². The van der Waals surface area contributed by atoms with Crippen LogP contribution in [0.4, 0.5) is 0 Å². The number of ether oxygens (including phenoxy) is 2. The molecule has 0 aromatic carbocycles. The topological polar surface area (TPSA) is 55.8 Å². The number of aliphatic hydroxyl groups excluding tert-OH is 1. The summed E-state index contributed by atoms with van der Waals surface area (Å²) in [6.07, 6.45) is 2.74. The fraction of sp³-hybridized carbons (Fsp3) is 0.944. The second-order valence-corrected chi connectivity index (χ2v) is 7.74. The van der Waals surface area contributed by atoms with Crippen LogP contribution >= 0.6 is 0 Å². The average molecular weight is 316 g/mol. The fourth-order valence-corrected chi connectivity index (χ4v) is 2.58. The molecule has 0 fully saturated rings. The molecule has 132 valence electrons. The van der Waals surface area contributed by atoms with Crippen LogP contribution in [0.2, 0.25) is 0 Å². The Labute approximate surface area is 136 Å². The Morgan fingerprint density at radius 3 is 2.00 bits per heavy atom. The summed E-state index contributed by atoms with van der Waals surface area (Å²) in [6, 6.07) is 0. The molecule has 1 N–H and O–H groups in total. The summed E-state index contributed by atoms with van der Waals surface area (Å²) in [5.41, 5.74) is -0.575. The maximum absolute atomic E-state index is 12.8. The second kappa shape index (κ2) is 8.88. The van der Waals surface area contributed by atoms with Crippen LogP contribution in [0, 0.1) is 16.2 Å². The van der Waals surface area contributed by atoms with Gasteiger partial charge in [-0.15, -0.1) is 0 Å². The maximum Gasteiger partial charge on any atom is 0.312 e. The summed E-state index contributed by atoms with van der Waals surface area (Å²) in [4.78, 5) is 12.8. The van der Waals surface area contributed by atoms with Crippen LogP contribution in [-0.4, -0.2) is 37.5 Å². The minimum Gasteiger partial charge on any atom is -0.463 e. The lowest BCUT2D eigenvalue weighted by Gasteiger charge is -2.45. The molecule has 0 aromatic heterocycles. The zero-order valence-electron chi connectivity index (χ0n) is 15.6. The molecule has 1 atom stereocenters. The third-order valence-corrected chi connectivity index (χ3v) is 5.31. The van der Waals surface area contributed by atoms with Gasteiger partial charge in [-0.1, -0.05) is 48.0 Å². The molecular formula is C18H36O4. The predicted octanol–water partition coefficient (Wildman–Crippen LogP) is 3.81. The van der Waals surface area contributed by atoms with Gasteiger partial charge in [0.2, 0.25) is 0 Å². The highest BCUT2D eigenvalue weighted by Gasteiger charge is 2.49. The Morgan fingerprint density at radius 1 is 0.955 bits per heavy atom. The van der Waals surface area contributed by atoms with E-state index < -0.39 is 5.41 Å². The van der Waals surface area contributed by atoms with Gasteiger partial charge in [0, 0.05) is 0 Å². The molecule has 0 aliphatic rings. The van der Waals surface area contributed by atoms with Crippen LogP contribution in [0.25, 0.3) is 0 Å². The maximum atomic E-state index is 12.8. The molecule has 0 aliphatic carbocycles. The van der Waals surface area contributed by atoms with Gasteiger partial charge >= 0.3 is 5.97 Å². The molecule has 0 spiro atoms. The lowest BCUT2D eigenvalue weighted by Crippen LogP contribution is -2.46. The van der Waals surface area contributed by atoms with E-state index in [0.29, 0.717) is 6.61 Å². The number of esters is 1. The van der Waals surface area contributed by atoms with Crippen LogP contribution in [-0.2, 0) is 14.3 Å². The van der Waals surface area contributed by atoms with Crippen molar-refractivity contribution in [2.45, 2.75) is 67.7 Å². The number of aliphatic hydroxyl groups is 1. The Morgan fingerprint density at radius 2 is 1.55 bits per heavy atom. The van der Waals surface area contributed by atoms with Gasteiger partial charge in [0.25, 0.3) is 0 Å². The van der Waals surface area contributed by atoms with Crippen LogP contribution < -0.4 is 0 Å². The number of carbonyl (C=O) groups is 1. The van der Waals surface area contributed by atoms with Crippen LogP contribution in [0.5, 0.6) is 0 Å². The average Bonchev–Trinajstić information content (AvgIpc) is 2.46. The zero-order chi connectivity index (χ0) is 17.4. The van der Waals surface area contributed by atoms with Crippen molar-refractivity contribution in [3.63, 3.8) is 0 Å². The molecular weight excluding hydrogens is 280 g/mol. The van der Waals surface area contributed by atoms with E-state index in [2.05, 4.69) is 41.5 Å². The van der Waals surface area contributed by atoms with E-state index in [1.54, 1.807) is 0 Å². The molecule has 0 heterocycles. The monoisotopic (exact) mass is 316 g/mol. The minimum atomic E-state index is -0.530. The summed E-state index contributed by atoms with van der Waals surface area (Å²) in [7, 11) is 0. The third-order valence-electron chi connectivity index (χ3n) is 5.31. The fourth-order valence-electron chi connectivity index (χ4n) is 2.58. The standard InChI is InChI=1S/C18H36O4/c1-8-16(3,4)14-18(7,17(5,6)9-2)15(20)22-13-12-21-11-10-19/h19H,8-14H2,1-7H3. The Balaban J connectivity index is 4.97. The molecule has 0 radical (unpaired) electrons. The van der Waals surface area contributed by atoms with Gasteiger partial charge in [0.05, 0.1) is 25.2 Å². The molecule has 0 saturated carbocycles. The Hall–Kier alpha value is -0.610. The van der Waals surface area contributed by atoms with Gasteiger partial charge in [0.1, 0.15) is 6.61 Å². The van der Waals surface area contributed by atoms with E-state index in [1.807, 2.05) is 6.92 Å². The van der Waals surface area contributed by atoms with Gasteiger partial charge in [-0.2, -0.15) is 0 Å². The molecule has 0 bridgehead atoms.